The number of halogens is 1. The highest BCUT2D eigenvalue weighted by Crippen LogP contribution is 2.21. The predicted octanol–water partition coefficient (Wildman–Crippen LogP) is 1.84. The predicted molar refractivity (Wildman–Crippen MR) is 84.1 cm³/mol. The highest BCUT2D eigenvalue weighted by atomic mass is 19.1. The minimum atomic E-state index is -1.66. The van der Waals surface area contributed by atoms with E-state index in [9.17, 15) is 14.4 Å². The number of nitrogens with zero attached hydrogens (tertiary/aromatic N) is 1. The van der Waals surface area contributed by atoms with Crippen LogP contribution in [0.3, 0.4) is 0 Å². The van der Waals surface area contributed by atoms with Crippen LogP contribution in [0.15, 0.2) is 42.5 Å². The largest absolute Gasteiger partial charge is 0.488 e. The first-order chi connectivity index (χ1) is 10.0. The Labute approximate surface area is 124 Å². The summed E-state index contributed by atoms with van der Waals surface area (Å²) in [6.07, 6.45) is 0. The number of hydrogen-bond donors (Lipinski definition) is 2. The summed E-state index contributed by atoms with van der Waals surface area (Å²) < 4.78 is 13.6. The van der Waals surface area contributed by atoms with E-state index in [0.717, 1.165) is 23.9 Å². The van der Waals surface area contributed by atoms with Gasteiger partial charge in [0.2, 0.25) is 0 Å². The van der Waals surface area contributed by atoms with Gasteiger partial charge in [-0.2, -0.15) is 0 Å². The van der Waals surface area contributed by atoms with Crippen molar-refractivity contribution in [1.29, 1.82) is 0 Å². The van der Waals surface area contributed by atoms with E-state index in [1.807, 2.05) is 38.1 Å². The lowest BCUT2D eigenvalue weighted by atomic mass is 9.79. The third-order valence-corrected chi connectivity index (χ3v) is 3.49. The van der Waals surface area contributed by atoms with Gasteiger partial charge in [0.05, 0.1) is 0 Å². The first-order valence-corrected chi connectivity index (χ1v) is 6.97. The van der Waals surface area contributed by atoms with Crippen molar-refractivity contribution < 1.29 is 14.4 Å². The van der Waals surface area contributed by atoms with Crippen molar-refractivity contribution >= 4 is 18.3 Å². The van der Waals surface area contributed by atoms with Crippen LogP contribution < -0.4 is 10.4 Å². The fourth-order valence-electron chi connectivity index (χ4n) is 2.42. The quantitative estimate of drug-likeness (QED) is 0.825. The summed E-state index contributed by atoms with van der Waals surface area (Å²) in [6, 6.07) is 12.2. The highest BCUT2D eigenvalue weighted by molar-refractivity contribution is 6.58. The van der Waals surface area contributed by atoms with Crippen LogP contribution >= 0.6 is 0 Å². The Morgan fingerprint density at radius 1 is 1.14 bits per heavy atom. The topological polar surface area (TPSA) is 43.7 Å². The maximum atomic E-state index is 13.6. The number of benzene rings is 2. The van der Waals surface area contributed by atoms with E-state index in [1.165, 1.54) is 6.07 Å². The molecule has 0 radical (unpaired) electrons. The number of rotatable bonds is 5. The van der Waals surface area contributed by atoms with Gasteiger partial charge < -0.3 is 14.9 Å². The normalized spacial score (nSPS) is 10.5. The first-order valence-electron chi connectivity index (χ1n) is 6.97. The summed E-state index contributed by atoms with van der Waals surface area (Å²) in [5.74, 6) is -0.462. The zero-order valence-corrected chi connectivity index (χ0v) is 12.3. The van der Waals surface area contributed by atoms with Crippen molar-refractivity contribution in [3.05, 3.63) is 59.4 Å². The van der Waals surface area contributed by atoms with Crippen LogP contribution in [0.4, 0.5) is 10.1 Å². The molecule has 5 heteroatoms. The van der Waals surface area contributed by atoms with Gasteiger partial charge >= 0.3 is 7.12 Å². The number of para-hydroxylation sites is 1. The molecule has 0 aromatic heterocycles. The van der Waals surface area contributed by atoms with Gasteiger partial charge in [0.1, 0.15) is 5.82 Å². The van der Waals surface area contributed by atoms with Crippen LogP contribution in [0.2, 0.25) is 0 Å². The van der Waals surface area contributed by atoms with E-state index in [2.05, 4.69) is 4.90 Å². The van der Waals surface area contributed by atoms with Crippen molar-refractivity contribution in [2.75, 3.05) is 11.4 Å². The second kappa shape index (κ2) is 6.74. The van der Waals surface area contributed by atoms with E-state index in [-0.39, 0.29) is 5.46 Å². The van der Waals surface area contributed by atoms with Crippen molar-refractivity contribution in [3.63, 3.8) is 0 Å². The molecule has 0 heterocycles. The molecule has 0 atom stereocenters. The smallest absolute Gasteiger partial charge is 0.423 e. The summed E-state index contributed by atoms with van der Waals surface area (Å²) in [5, 5.41) is 18.4. The van der Waals surface area contributed by atoms with Crippen molar-refractivity contribution in [2.45, 2.75) is 20.4 Å². The van der Waals surface area contributed by atoms with E-state index >= 15 is 0 Å². The number of aryl methyl sites for hydroxylation is 1. The van der Waals surface area contributed by atoms with Crippen LogP contribution in [-0.2, 0) is 6.54 Å². The molecule has 0 aliphatic rings. The standard InChI is InChI=1S/C16H19BFNO2/c1-3-19(16-7-5-4-6-12(16)2)11-13-8-14(17(20)21)10-15(18)9-13/h4-10,20-21H,3,11H2,1-2H3. The molecule has 0 aliphatic heterocycles. The molecule has 0 amide bonds. The summed E-state index contributed by atoms with van der Waals surface area (Å²) in [7, 11) is -1.66. The SMILES string of the molecule is CCN(Cc1cc(F)cc(B(O)O)c1)c1ccccc1C. The molecule has 3 nitrogen and oxygen atoms in total. The van der Waals surface area contributed by atoms with Crippen LogP contribution in [-0.4, -0.2) is 23.7 Å². The van der Waals surface area contributed by atoms with Gasteiger partial charge in [-0.15, -0.1) is 0 Å². The lowest BCUT2D eigenvalue weighted by Gasteiger charge is -2.25. The Balaban J connectivity index is 2.29. The molecule has 2 aromatic rings. The Hall–Kier alpha value is -1.85. The summed E-state index contributed by atoms with van der Waals surface area (Å²) in [6.45, 7) is 5.36. The Kier molecular flexibility index (Phi) is 4.99. The van der Waals surface area contributed by atoms with E-state index in [1.54, 1.807) is 6.07 Å². The molecule has 2 N–H and O–H groups in total. The average Bonchev–Trinajstić information content (AvgIpc) is 2.45. The summed E-state index contributed by atoms with van der Waals surface area (Å²) in [5.41, 5.74) is 3.13. The molecule has 21 heavy (non-hydrogen) atoms. The molecule has 0 fully saturated rings. The molecule has 0 aliphatic carbocycles. The zero-order valence-electron chi connectivity index (χ0n) is 12.3. The van der Waals surface area contributed by atoms with Crippen LogP contribution in [0, 0.1) is 12.7 Å². The van der Waals surface area contributed by atoms with Crippen LogP contribution in [0.1, 0.15) is 18.1 Å². The van der Waals surface area contributed by atoms with Crippen LogP contribution in [0.25, 0.3) is 0 Å². The molecule has 0 saturated carbocycles. The molecule has 2 aromatic carbocycles. The average molecular weight is 287 g/mol. The van der Waals surface area contributed by atoms with Crippen molar-refractivity contribution in [1.82, 2.24) is 0 Å². The minimum absolute atomic E-state index is 0.172. The molecule has 0 bridgehead atoms. The fraction of sp³-hybridized carbons (Fsp3) is 0.250. The molecule has 0 unspecified atom stereocenters. The van der Waals surface area contributed by atoms with Gasteiger partial charge in [-0.1, -0.05) is 24.3 Å². The van der Waals surface area contributed by atoms with Gasteiger partial charge in [-0.3, -0.25) is 0 Å². The van der Waals surface area contributed by atoms with Gasteiger partial charge in [0.25, 0.3) is 0 Å². The lowest BCUT2D eigenvalue weighted by Crippen LogP contribution is -2.31. The van der Waals surface area contributed by atoms with Gasteiger partial charge in [-0.25, -0.2) is 4.39 Å². The van der Waals surface area contributed by atoms with Crippen molar-refractivity contribution in [3.8, 4) is 0 Å². The molecular formula is C16H19BFNO2. The number of hydrogen-bond acceptors (Lipinski definition) is 3. The Bertz CT molecular complexity index is 619. The zero-order chi connectivity index (χ0) is 15.4. The Morgan fingerprint density at radius 2 is 1.86 bits per heavy atom. The lowest BCUT2D eigenvalue weighted by molar-refractivity contribution is 0.425. The van der Waals surface area contributed by atoms with Gasteiger partial charge in [-0.05, 0) is 48.6 Å². The van der Waals surface area contributed by atoms with Gasteiger partial charge in [0.15, 0.2) is 0 Å². The summed E-state index contributed by atoms with van der Waals surface area (Å²) in [4.78, 5) is 2.12. The van der Waals surface area contributed by atoms with Crippen molar-refractivity contribution in [2.24, 2.45) is 0 Å². The maximum Gasteiger partial charge on any atom is 0.488 e. The third-order valence-electron chi connectivity index (χ3n) is 3.49. The van der Waals surface area contributed by atoms with Gasteiger partial charge in [0, 0.05) is 18.8 Å². The van der Waals surface area contributed by atoms with E-state index in [0.29, 0.717) is 12.1 Å². The number of anilines is 1. The molecule has 2 rings (SSSR count). The second-order valence-corrected chi connectivity index (χ2v) is 5.07. The third kappa shape index (κ3) is 3.83. The molecule has 0 saturated heterocycles. The second-order valence-electron chi connectivity index (χ2n) is 5.07. The summed E-state index contributed by atoms with van der Waals surface area (Å²) >= 11 is 0. The maximum absolute atomic E-state index is 13.6. The first kappa shape index (κ1) is 15.5. The highest BCUT2D eigenvalue weighted by Gasteiger charge is 2.15. The molecule has 0 spiro atoms. The monoisotopic (exact) mass is 287 g/mol. The Morgan fingerprint density at radius 3 is 2.48 bits per heavy atom. The molecule has 110 valence electrons. The van der Waals surface area contributed by atoms with E-state index in [4.69, 9.17) is 0 Å². The minimum Gasteiger partial charge on any atom is -0.423 e. The molecular weight excluding hydrogens is 268 g/mol. The fourth-order valence-corrected chi connectivity index (χ4v) is 2.42. The van der Waals surface area contributed by atoms with E-state index < -0.39 is 12.9 Å². The van der Waals surface area contributed by atoms with Crippen LogP contribution in [0.5, 0.6) is 0 Å².